The van der Waals surface area contributed by atoms with Crippen molar-refractivity contribution in [3.05, 3.63) is 58.2 Å². The van der Waals surface area contributed by atoms with E-state index < -0.39 is 0 Å². The lowest BCUT2D eigenvalue weighted by Gasteiger charge is -2.17. The van der Waals surface area contributed by atoms with Gasteiger partial charge in [-0.1, -0.05) is 18.2 Å². The molecule has 0 bridgehead atoms. The minimum absolute atomic E-state index is 0.105. The molecule has 4 amide bonds. The Morgan fingerprint density at radius 1 is 0.875 bits per heavy atom. The van der Waals surface area contributed by atoms with Crippen LogP contribution < -0.4 is 0 Å². The van der Waals surface area contributed by atoms with Gasteiger partial charge in [0.2, 0.25) is 0 Å². The highest BCUT2D eigenvalue weighted by Gasteiger charge is 2.38. The Balaban J connectivity index is 1.69. The fraction of sp³-hybridized carbons (Fsp3) is 0.222. The molecule has 0 saturated heterocycles. The summed E-state index contributed by atoms with van der Waals surface area (Å²) in [6.07, 6.45) is 3.97. The van der Waals surface area contributed by atoms with Crippen molar-refractivity contribution in [1.29, 1.82) is 0 Å². The smallest absolute Gasteiger partial charge is 0.261 e. The van der Waals surface area contributed by atoms with Crippen LogP contribution in [0.1, 0.15) is 38.6 Å². The molecule has 1 aromatic rings. The SMILES string of the molecule is CN1C(=O)C2=C(CC(c3ccc4c(c3)C(=O)N(C)C4=O)C=C2)C1=O. The highest BCUT2D eigenvalue weighted by Crippen LogP contribution is 2.37. The number of hydrogen-bond donors (Lipinski definition) is 0. The van der Waals surface area contributed by atoms with Gasteiger partial charge >= 0.3 is 0 Å². The van der Waals surface area contributed by atoms with Gasteiger partial charge in [-0.3, -0.25) is 29.0 Å². The van der Waals surface area contributed by atoms with Gasteiger partial charge < -0.3 is 0 Å². The predicted molar refractivity (Wildman–Crippen MR) is 84.2 cm³/mol. The van der Waals surface area contributed by atoms with Crippen molar-refractivity contribution in [3.63, 3.8) is 0 Å². The first-order chi connectivity index (χ1) is 11.4. The number of rotatable bonds is 1. The summed E-state index contributed by atoms with van der Waals surface area (Å²) in [5, 5.41) is 0. The van der Waals surface area contributed by atoms with Crippen LogP contribution in [0.3, 0.4) is 0 Å². The number of imide groups is 2. The van der Waals surface area contributed by atoms with Crippen LogP contribution in [0.15, 0.2) is 41.5 Å². The van der Waals surface area contributed by atoms with E-state index in [1.807, 2.05) is 6.08 Å². The van der Waals surface area contributed by atoms with Crippen molar-refractivity contribution in [1.82, 2.24) is 9.80 Å². The highest BCUT2D eigenvalue weighted by atomic mass is 16.2. The van der Waals surface area contributed by atoms with Crippen molar-refractivity contribution in [3.8, 4) is 0 Å². The average Bonchev–Trinajstić information content (AvgIpc) is 2.95. The third-order valence-corrected chi connectivity index (χ3v) is 4.88. The molecule has 2 heterocycles. The topological polar surface area (TPSA) is 74.8 Å². The van der Waals surface area contributed by atoms with E-state index in [-0.39, 0.29) is 29.5 Å². The molecule has 6 heteroatoms. The van der Waals surface area contributed by atoms with Gasteiger partial charge in [0.25, 0.3) is 23.6 Å². The highest BCUT2D eigenvalue weighted by molar-refractivity contribution is 6.22. The van der Waals surface area contributed by atoms with Gasteiger partial charge in [-0.15, -0.1) is 0 Å². The van der Waals surface area contributed by atoms with E-state index in [1.165, 1.54) is 14.1 Å². The van der Waals surface area contributed by atoms with Crippen LogP contribution in [0.2, 0.25) is 0 Å². The Morgan fingerprint density at radius 3 is 2.29 bits per heavy atom. The number of amides is 4. The third kappa shape index (κ3) is 1.76. The summed E-state index contributed by atoms with van der Waals surface area (Å²) in [5.74, 6) is -1.27. The minimum Gasteiger partial charge on any atom is -0.278 e. The van der Waals surface area contributed by atoms with Crippen molar-refractivity contribution < 1.29 is 19.2 Å². The molecule has 1 aliphatic carbocycles. The van der Waals surface area contributed by atoms with E-state index in [9.17, 15) is 19.2 Å². The molecule has 0 saturated carbocycles. The van der Waals surface area contributed by atoms with Crippen LogP contribution in [0.5, 0.6) is 0 Å². The molecular formula is C18H14N2O4. The second-order valence-corrected chi connectivity index (χ2v) is 6.21. The van der Waals surface area contributed by atoms with Crippen LogP contribution in [0.25, 0.3) is 0 Å². The van der Waals surface area contributed by atoms with Crippen LogP contribution >= 0.6 is 0 Å². The van der Waals surface area contributed by atoms with E-state index in [0.29, 0.717) is 28.7 Å². The number of hydrogen-bond acceptors (Lipinski definition) is 4. The maximum atomic E-state index is 12.2. The summed E-state index contributed by atoms with van der Waals surface area (Å²) >= 11 is 0. The van der Waals surface area contributed by atoms with Gasteiger partial charge in [0.15, 0.2) is 0 Å². The Kier molecular flexibility index (Phi) is 2.87. The summed E-state index contributed by atoms with van der Waals surface area (Å²) in [7, 11) is 2.93. The van der Waals surface area contributed by atoms with E-state index in [1.54, 1.807) is 24.3 Å². The van der Waals surface area contributed by atoms with Crippen LogP contribution in [0, 0.1) is 0 Å². The second kappa shape index (κ2) is 4.74. The molecule has 4 rings (SSSR count). The van der Waals surface area contributed by atoms with Gasteiger partial charge in [-0.25, -0.2) is 0 Å². The van der Waals surface area contributed by atoms with Crippen molar-refractivity contribution in [2.75, 3.05) is 14.1 Å². The zero-order valence-corrected chi connectivity index (χ0v) is 13.2. The minimum atomic E-state index is -0.316. The lowest BCUT2D eigenvalue weighted by atomic mass is 9.85. The van der Waals surface area contributed by atoms with E-state index in [2.05, 4.69) is 0 Å². The van der Waals surface area contributed by atoms with Crippen molar-refractivity contribution in [2.24, 2.45) is 0 Å². The molecule has 0 aromatic heterocycles. The molecule has 0 fully saturated rings. The monoisotopic (exact) mass is 322 g/mol. The van der Waals surface area contributed by atoms with E-state index in [0.717, 1.165) is 15.4 Å². The zero-order valence-electron chi connectivity index (χ0n) is 13.2. The third-order valence-electron chi connectivity index (χ3n) is 4.88. The van der Waals surface area contributed by atoms with Crippen LogP contribution in [0.4, 0.5) is 0 Å². The Morgan fingerprint density at radius 2 is 1.54 bits per heavy atom. The molecule has 0 spiro atoms. The summed E-state index contributed by atoms with van der Waals surface area (Å²) in [6.45, 7) is 0. The van der Waals surface area contributed by atoms with E-state index >= 15 is 0 Å². The molecule has 1 atom stereocenters. The van der Waals surface area contributed by atoms with Crippen LogP contribution in [-0.2, 0) is 9.59 Å². The quantitative estimate of drug-likeness (QED) is 0.729. The molecule has 2 aliphatic heterocycles. The summed E-state index contributed by atoms with van der Waals surface area (Å²) < 4.78 is 0. The maximum absolute atomic E-state index is 12.2. The van der Waals surface area contributed by atoms with Gasteiger partial charge in [0, 0.05) is 31.2 Å². The molecule has 0 N–H and O–H groups in total. The molecule has 1 aromatic carbocycles. The number of benzene rings is 1. The molecule has 1 unspecified atom stereocenters. The Labute approximate surface area is 138 Å². The molecule has 0 radical (unpaired) electrons. The Hall–Kier alpha value is -3.02. The summed E-state index contributed by atoms with van der Waals surface area (Å²) in [4.78, 5) is 50.4. The molecule has 24 heavy (non-hydrogen) atoms. The maximum Gasteiger partial charge on any atom is 0.261 e. The second-order valence-electron chi connectivity index (χ2n) is 6.21. The fourth-order valence-corrected chi connectivity index (χ4v) is 3.43. The predicted octanol–water partition coefficient (Wildman–Crippen LogP) is 1.25. The molecule has 6 nitrogen and oxygen atoms in total. The molecule has 3 aliphatic rings. The number of fused-ring (bicyclic) bond motifs is 1. The Bertz CT molecular complexity index is 910. The van der Waals surface area contributed by atoms with Gasteiger partial charge in [0.05, 0.1) is 11.1 Å². The van der Waals surface area contributed by atoms with Gasteiger partial charge in [-0.05, 0) is 24.1 Å². The van der Waals surface area contributed by atoms with Crippen molar-refractivity contribution >= 4 is 23.6 Å². The average molecular weight is 322 g/mol. The number of carbonyl (C=O) groups is 4. The number of nitrogens with zero attached hydrogens (tertiary/aromatic N) is 2. The van der Waals surface area contributed by atoms with Gasteiger partial charge in [-0.2, -0.15) is 0 Å². The summed E-state index contributed by atoms with van der Waals surface area (Å²) in [5.41, 5.74) is 2.60. The van der Waals surface area contributed by atoms with Gasteiger partial charge in [0.1, 0.15) is 0 Å². The standard InChI is InChI=1S/C18H14N2O4/c1-19-15(21)11-5-3-9(7-13(11)17(19)23)10-4-6-12-14(8-10)18(24)20(2)16(12)22/h3-7,10H,8H2,1-2H3. The molecular weight excluding hydrogens is 308 g/mol. The fourth-order valence-electron chi connectivity index (χ4n) is 3.43. The number of likely N-dealkylation sites (N-methyl/N-ethyl adjacent to an activating group) is 1. The first-order valence-electron chi connectivity index (χ1n) is 7.60. The largest absolute Gasteiger partial charge is 0.278 e. The number of carbonyl (C=O) groups excluding carboxylic acids is 4. The first kappa shape index (κ1) is 14.6. The lowest BCUT2D eigenvalue weighted by Crippen LogP contribution is -2.26. The zero-order chi connectivity index (χ0) is 17.2. The first-order valence-corrected chi connectivity index (χ1v) is 7.60. The lowest BCUT2D eigenvalue weighted by molar-refractivity contribution is -0.135. The van der Waals surface area contributed by atoms with E-state index in [4.69, 9.17) is 0 Å². The normalized spacial score (nSPS) is 22.7. The number of allylic oxidation sites excluding steroid dienone is 1. The van der Waals surface area contributed by atoms with Crippen LogP contribution in [-0.4, -0.2) is 47.5 Å². The summed E-state index contributed by atoms with van der Waals surface area (Å²) in [6, 6.07) is 5.17. The molecule has 120 valence electrons. The van der Waals surface area contributed by atoms with Crippen molar-refractivity contribution in [2.45, 2.75) is 12.3 Å².